The topological polar surface area (TPSA) is 240 Å². The highest BCUT2D eigenvalue weighted by molar-refractivity contribution is 5.80. The molecular formula is C23H46N2O11. The number of hydrogen-bond acceptors (Lipinski definition) is 11. The zero-order valence-corrected chi connectivity index (χ0v) is 21.5. The Balaban J connectivity index is 4.88. The van der Waals surface area contributed by atoms with Crippen molar-refractivity contribution in [2.45, 2.75) is 102 Å². The van der Waals surface area contributed by atoms with Gasteiger partial charge in [0.05, 0.1) is 24.9 Å². The van der Waals surface area contributed by atoms with Gasteiger partial charge in [-0.05, 0) is 24.7 Å². The van der Waals surface area contributed by atoms with E-state index in [-0.39, 0.29) is 31.2 Å². The number of carbonyl (C=O) groups is 2. The van der Waals surface area contributed by atoms with Crippen molar-refractivity contribution in [3.63, 3.8) is 0 Å². The van der Waals surface area contributed by atoms with Crippen LogP contribution in [0.25, 0.3) is 0 Å². The van der Waals surface area contributed by atoms with Crippen molar-refractivity contribution in [3.8, 4) is 0 Å². The van der Waals surface area contributed by atoms with Gasteiger partial charge in [0.1, 0.15) is 30.5 Å². The largest absolute Gasteiger partial charge is 0.394 e. The van der Waals surface area contributed by atoms with Crippen molar-refractivity contribution in [3.05, 3.63) is 0 Å². The monoisotopic (exact) mass is 526 g/mol. The molecule has 0 aromatic carbocycles. The third kappa shape index (κ3) is 12.7. The maximum Gasteiger partial charge on any atom is 0.223 e. The van der Waals surface area contributed by atoms with E-state index in [2.05, 4.69) is 10.6 Å². The summed E-state index contributed by atoms with van der Waals surface area (Å²) in [6.45, 7) is 5.62. The van der Waals surface area contributed by atoms with Gasteiger partial charge in [0.15, 0.2) is 0 Å². The molecule has 214 valence electrons. The van der Waals surface area contributed by atoms with E-state index in [4.69, 9.17) is 5.11 Å². The Kier molecular flexibility index (Phi) is 15.8. The molecule has 2 amide bonds. The van der Waals surface area contributed by atoms with E-state index >= 15 is 0 Å². The summed E-state index contributed by atoms with van der Waals surface area (Å²) in [7, 11) is 0. The van der Waals surface area contributed by atoms with E-state index < -0.39 is 79.7 Å². The summed E-state index contributed by atoms with van der Waals surface area (Å²) >= 11 is 0. The first-order valence-corrected chi connectivity index (χ1v) is 12.1. The van der Waals surface area contributed by atoms with Crippen LogP contribution >= 0.6 is 0 Å². The number of aliphatic hydroxyl groups excluding tert-OH is 9. The third-order valence-corrected chi connectivity index (χ3v) is 5.83. The Labute approximate surface area is 211 Å². The van der Waals surface area contributed by atoms with Gasteiger partial charge in [-0.1, -0.05) is 27.7 Å². The predicted octanol–water partition coefficient (Wildman–Crippen LogP) is -3.66. The molecule has 0 aliphatic carbocycles. The van der Waals surface area contributed by atoms with Crippen LogP contribution in [0.4, 0.5) is 0 Å². The van der Waals surface area contributed by atoms with Crippen molar-refractivity contribution in [2.24, 2.45) is 11.3 Å². The Morgan fingerprint density at radius 2 is 1.17 bits per heavy atom. The minimum Gasteiger partial charge on any atom is -0.394 e. The number of hydrogen-bond donors (Lipinski definition) is 11. The maximum atomic E-state index is 12.7. The number of aliphatic hydroxyl groups is 9. The Morgan fingerprint density at radius 3 is 1.61 bits per heavy atom. The molecule has 36 heavy (non-hydrogen) atoms. The highest BCUT2D eigenvalue weighted by Gasteiger charge is 2.32. The third-order valence-electron chi connectivity index (χ3n) is 5.83. The Hall–Kier alpha value is -1.42. The lowest BCUT2D eigenvalue weighted by Gasteiger charge is -2.28. The van der Waals surface area contributed by atoms with E-state index in [1.807, 2.05) is 20.8 Å². The minimum atomic E-state index is -1.82. The smallest absolute Gasteiger partial charge is 0.223 e. The van der Waals surface area contributed by atoms with E-state index in [1.54, 1.807) is 6.92 Å². The van der Waals surface area contributed by atoms with Gasteiger partial charge < -0.3 is 56.6 Å². The molecular weight excluding hydrogens is 480 g/mol. The molecule has 0 aromatic heterocycles. The molecule has 0 spiro atoms. The standard InChI is InChI=1S/C23H46N2O11/c1-5-13(27)18(32)19(33)14(28)9-24-17(31)7-6-12(8-23(2,3)4)22(36)25-10-15(29)20(34)21(35)16(30)11-26/h12-16,18-21,26-30,32-35H,5-11H2,1-4H3,(H,24,31)(H,25,36)/t12?,13-,14+,15+,16-,18-,19-,20-,21-/m1/s1. The summed E-state index contributed by atoms with van der Waals surface area (Å²) in [6.07, 6.45) is -12.4. The van der Waals surface area contributed by atoms with Crippen molar-refractivity contribution < 1.29 is 55.5 Å². The van der Waals surface area contributed by atoms with Crippen LogP contribution < -0.4 is 10.6 Å². The average Bonchev–Trinajstić information content (AvgIpc) is 2.84. The second-order valence-electron chi connectivity index (χ2n) is 10.4. The van der Waals surface area contributed by atoms with Crippen LogP contribution in [-0.2, 0) is 9.59 Å². The molecule has 0 saturated carbocycles. The lowest BCUT2D eigenvalue weighted by Crippen LogP contribution is -2.50. The van der Waals surface area contributed by atoms with Crippen LogP contribution in [0, 0.1) is 11.3 Å². The molecule has 0 heterocycles. The second-order valence-corrected chi connectivity index (χ2v) is 10.4. The molecule has 0 aliphatic rings. The summed E-state index contributed by atoms with van der Waals surface area (Å²) in [5.41, 5.74) is -0.297. The van der Waals surface area contributed by atoms with E-state index in [0.717, 1.165) is 0 Å². The zero-order chi connectivity index (χ0) is 28.2. The first-order chi connectivity index (χ1) is 16.5. The molecule has 0 saturated heterocycles. The van der Waals surface area contributed by atoms with Crippen LogP contribution in [0.1, 0.15) is 53.4 Å². The normalized spacial score (nSPS) is 19.8. The summed E-state index contributed by atoms with van der Waals surface area (Å²) < 4.78 is 0. The van der Waals surface area contributed by atoms with Crippen molar-refractivity contribution in [2.75, 3.05) is 19.7 Å². The first-order valence-electron chi connectivity index (χ1n) is 12.1. The lowest BCUT2D eigenvalue weighted by molar-refractivity contribution is -0.130. The summed E-state index contributed by atoms with van der Waals surface area (Å²) in [5.74, 6) is -1.69. The predicted molar refractivity (Wildman–Crippen MR) is 128 cm³/mol. The van der Waals surface area contributed by atoms with Crippen LogP contribution in [0.2, 0.25) is 0 Å². The molecule has 13 heteroatoms. The number of carbonyl (C=O) groups excluding carboxylic acids is 2. The van der Waals surface area contributed by atoms with Crippen molar-refractivity contribution in [1.82, 2.24) is 10.6 Å². The van der Waals surface area contributed by atoms with Gasteiger partial charge in [0, 0.05) is 25.4 Å². The number of amides is 2. The molecule has 0 aliphatic heterocycles. The fourth-order valence-corrected chi connectivity index (χ4v) is 3.53. The van der Waals surface area contributed by atoms with Crippen molar-refractivity contribution in [1.29, 1.82) is 0 Å². The van der Waals surface area contributed by atoms with Gasteiger partial charge in [0.25, 0.3) is 0 Å². The Bertz CT molecular complexity index is 646. The number of rotatable bonds is 17. The minimum absolute atomic E-state index is 0.106. The van der Waals surface area contributed by atoms with Crippen molar-refractivity contribution >= 4 is 11.8 Å². The zero-order valence-electron chi connectivity index (χ0n) is 21.5. The van der Waals surface area contributed by atoms with Gasteiger partial charge >= 0.3 is 0 Å². The molecule has 0 fully saturated rings. The summed E-state index contributed by atoms with van der Waals surface area (Å²) in [6, 6.07) is 0. The summed E-state index contributed by atoms with van der Waals surface area (Å²) in [4.78, 5) is 25.0. The fourth-order valence-electron chi connectivity index (χ4n) is 3.53. The highest BCUT2D eigenvalue weighted by atomic mass is 16.4. The summed E-state index contributed by atoms with van der Waals surface area (Å²) in [5, 5.41) is 91.9. The SMILES string of the molecule is CC[C@@H](O)[C@@H](O)[C@H](O)[C@@H](O)CNC(=O)CCC(CC(C)(C)C)C(=O)NC[C@H](O)[C@@H](O)[C@H](O)[C@H](O)CO. The van der Waals surface area contributed by atoms with Gasteiger partial charge in [0.2, 0.25) is 11.8 Å². The van der Waals surface area contributed by atoms with E-state index in [9.17, 15) is 50.4 Å². The number of nitrogens with one attached hydrogen (secondary N) is 2. The van der Waals surface area contributed by atoms with Gasteiger partial charge in [-0.2, -0.15) is 0 Å². The van der Waals surface area contributed by atoms with Crippen LogP contribution in [-0.4, -0.2) is 126 Å². The Morgan fingerprint density at radius 1 is 0.722 bits per heavy atom. The maximum absolute atomic E-state index is 12.7. The molecule has 0 radical (unpaired) electrons. The van der Waals surface area contributed by atoms with E-state index in [0.29, 0.717) is 6.42 Å². The van der Waals surface area contributed by atoms with Crippen LogP contribution in [0.3, 0.4) is 0 Å². The van der Waals surface area contributed by atoms with Gasteiger partial charge in [-0.15, -0.1) is 0 Å². The van der Waals surface area contributed by atoms with E-state index in [1.165, 1.54) is 0 Å². The molecule has 0 bridgehead atoms. The van der Waals surface area contributed by atoms with Crippen LogP contribution in [0.15, 0.2) is 0 Å². The van der Waals surface area contributed by atoms with Crippen LogP contribution in [0.5, 0.6) is 0 Å². The molecule has 0 aromatic rings. The lowest BCUT2D eigenvalue weighted by atomic mass is 9.82. The molecule has 11 N–H and O–H groups in total. The molecule has 0 rings (SSSR count). The molecule has 9 atom stereocenters. The van der Waals surface area contributed by atoms with Gasteiger partial charge in [-0.3, -0.25) is 9.59 Å². The quantitative estimate of drug-likeness (QED) is 0.0882. The first kappa shape index (κ1) is 34.6. The second kappa shape index (κ2) is 16.4. The average molecular weight is 527 g/mol. The molecule has 1 unspecified atom stereocenters. The fraction of sp³-hybridized carbons (Fsp3) is 0.913. The molecule has 13 nitrogen and oxygen atoms in total. The van der Waals surface area contributed by atoms with Gasteiger partial charge in [-0.25, -0.2) is 0 Å². The highest BCUT2D eigenvalue weighted by Crippen LogP contribution is 2.27.